The number of nitrogens with zero attached hydrogens (tertiary/aromatic N) is 1. The number of benzene rings is 3. The summed E-state index contributed by atoms with van der Waals surface area (Å²) >= 11 is 0. The molecule has 1 aliphatic rings. The molecular formula is C37H42FN3O5. The Bertz CT molecular complexity index is 1720. The number of anilines is 1. The molecule has 0 saturated heterocycles. The van der Waals surface area contributed by atoms with Crippen molar-refractivity contribution >= 4 is 34.4 Å². The number of fused-ring (bicyclic) bond motifs is 1. The van der Waals surface area contributed by atoms with Crippen molar-refractivity contribution in [3.63, 3.8) is 0 Å². The highest BCUT2D eigenvalue weighted by Gasteiger charge is 2.36. The number of hydrogen-bond donors (Lipinski definition) is 2. The summed E-state index contributed by atoms with van der Waals surface area (Å²) in [4.78, 5) is 41.8. The minimum atomic E-state index is -0.640. The molecule has 1 fully saturated rings. The summed E-state index contributed by atoms with van der Waals surface area (Å²) in [6, 6.07) is 17.1. The van der Waals surface area contributed by atoms with Crippen molar-refractivity contribution < 1.29 is 27.9 Å². The lowest BCUT2D eigenvalue weighted by Crippen LogP contribution is -2.51. The zero-order chi connectivity index (χ0) is 32.8. The Kier molecular flexibility index (Phi) is 10.1. The van der Waals surface area contributed by atoms with Gasteiger partial charge >= 0.3 is 5.97 Å². The molecule has 46 heavy (non-hydrogen) atoms. The zero-order valence-electron chi connectivity index (χ0n) is 27.0. The summed E-state index contributed by atoms with van der Waals surface area (Å²) in [6.45, 7) is 7.66. The van der Waals surface area contributed by atoms with Gasteiger partial charge in [-0.25, -0.2) is 4.39 Å². The van der Waals surface area contributed by atoms with Gasteiger partial charge in [-0.1, -0.05) is 31.4 Å². The molecule has 1 heterocycles. The Morgan fingerprint density at radius 2 is 1.63 bits per heavy atom. The molecule has 1 aromatic heterocycles. The second-order valence-corrected chi connectivity index (χ2v) is 11.8. The molecule has 0 atom stereocenters. The maximum Gasteiger partial charge on any atom is 0.308 e. The van der Waals surface area contributed by atoms with Gasteiger partial charge in [-0.15, -0.1) is 0 Å². The predicted molar refractivity (Wildman–Crippen MR) is 179 cm³/mol. The molecule has 2 N–H and O–H groups in total. The second-order valence-electron chi connectivity index (χ2n) is 11.8. The van der Waals surface area contributed by atoms with E-state index in [1.165, 1.54) is 12.1 Å². The van der Waals surface area contributed by atoms with Crippen LogP contribution in [0.15, 0.2) is 65.1 Å². The first kappa shape index (κ1) is 32.7. The molecule has 4 aromatic rings. The highest BCUT2D eigenvalue weighted by atomic mass is 19.1. The van der Waals surface area contributed by atoms with E-state index in [0.717, 1.165) is 62.0 Å². The molecule has 0 unspecified atom stereocenters. The Hall–Kier alpha value is -4.66. The van der Waals surface area contributed by atoms with E-state index in [9.17, 15) is 18.8 Å². The van der Waals surface area contributed by atoms with E-state index in [0.29, 0.717) is 40.0 Å². The molecule has 0 aliphatic heterocycles. The molecule has 0 bridgehead atoms. The van der Waals surface area contributed by atoms with Crippen LogP contribution in [0.1, 0.15) is 80.0 Å². The van der Waals surface area contributed by atoms with Gasteiger partial charge in [0.05, 0.1) is 24.1 Å². The molecule has 3 aromatic carbocycles. The van der Waals surface area contributed by atoms with Crippen LogP contribution < -0.4 is 15.5 Å². The first-order chi connectivity index (χ1) is 22.2. The minimum Gasteiger partial charge on any atom is -0.466 e. The Morgan fingerprint density at radius 3 is 2.28 bits per heavy atom. The Labute approximate surface area is 269 Å². The maximum absolute atomic E-state index is 13.8. The van der Waals surface area contributed by atoms with Crippen LogP contribution in [0.5, 0.6) is 0 Å². The molecule has 8 nitrogen and oxygen atoms in total. The maximum atomic E-state index is 13.8. The topological polar surface area (TPSA) is 101 Å². The van der Waals surface area contributed by atoms with Gasteiger partial charge in [0.1, 0.15) is 17.2 Å². The van der Waals surface area contributed by atoms with Crippen LogP contribution in [0.3, 0.4) is 0 Å². The lowest BCUT2D eigenvalue weighted by molar-refractivity contribution is -0.145. The molecule has 5 rings (SSSR count). The predicted octanol–water partition coefficient (Wildman–Crippen LogP) is 7.50. The summed E-state index contributed by atoms with van der Waals surface area (Å²) < 4.78 is 25.3. The van der Waals surface area contributed by atoms with Crippen molar-refractivity contribution in [2.75, 3.05) is 31.6 Å². The summed E-state index contributed by atoms with van der Waals surface area (Å²) in [5.74, 6) is -0.905. The summed E-state index contributed by atoms with van der Waals surface area (Å²) in [6.07, 6.45) is 4.53. The summed E-state index contributed by atoms with van der Waals surface area (Å²) in [7, 11) is 1.56. The normalized spacial score (nSPS) is 14.1. The number of esters is 1. The first-order valence-corrected chi connectivity index (χ1v) is 16.1. The summed E-state index contributed by atoms with van der Waals surface area (Å²) in [5, 5.41) is 6.54. The van der Waals surface area contributed by atoms with Crippen molar-refractivity contribution in [1.82, 2.24) is 10.6 Å². The number of halogens is 1. The van der Waals surface area contributed by atoms with Crippen LogP contribution in [0.4, 0.5) is 10.1 Å². The average molecular weight is 628 g/mol. The number of ether oxygens (including phenoxy) is 1. The Balaban J connectivity index is 1.60. The third-order valence-corrected chi connectivity index (χ3v) is 8.88. The van der Waals surface area contributed by atoms with Crippen LogP contribution in [-0.2, 0) is 9.53 Å². The van der Waals surface area contributed by atoms with Crippen molar-refractivity contribution in [3.8, 4) is 22.5 Å². The first-order valence-electron chi connectivity index (χ1n) is 16.1. The van der Waals surface area contributed by atoms with Gasteiger partial charge in [0, 0.05) is 54.0 Å². The molecule has 1 aliphatic carbocycles. The molecular weight excluding hydrogens is 585 g/mol. The van der Waals surface area contributed by atoms with Gasteiger partial charge < -0.3 is 24.7 Å². The third kappa shape index (κ3) is 6.78. The van der Waals surface area contributed by atoms with E-state index in [1.54, 1.807) is 32.2 Å². The molecule has 0 spiro atoms. The van der Waals surface area contributed by atoms with Gasteiger partial charge in [0.15, 0.2) is 0 Å². The quantitative estimate of drug-likeness (QED) is 0.167. The van der Waals surface area contributed by atoms with E-state index in [2.05, 4.69) is 29.4 Å². The van der Waals surface area contributed by atoms with E-state index in [1.807, 2.05) is 30.3 Å². The number of furan rings is 1. The van der Waals surface area contributed by atoms with Gasteiger partial charge in [-0.05, 0) is 81.6 Å². The summed E-state index contributed by atoms with van der Waals surface area (Å²) in [5.41, 5.74) is 3.82. The second kappa shape index (κ2) is 14.2. The van der Waals surface area contributed by atoms with Crippen LogP contribution in [-0.4, -0.2) is 50.1 Å². The molecule has 2 amide bonds. The highest BCUT2D eigenvalue weighted by molar-refractivity contribution is 6.13. The number of hydrogen-bond acceptors (Lipinski definition) is 6. The van der Waals surface area contributed by atoms with Gasteiger partial charge in [0.25, 0.3) is 11.8 Å². The zero-order valence-corrected chi connectivity index (χ0v) is 27.0. The Morgan fingerprint density at radius 1 is 0.913 bits per heavy atom. The van der Waals surface area contributed by atoms with Crippen molar-refractivity contribution in [2.45, 2.75) is 64.8 Å². The van der Waals surface area contributed by atoms with Crippen LogP contribution in [0, 0.1) is 5.82 Å². The van der Waals surface area contributed by atoms with Crippen molar-refractivity contribution in [2.24, 2.45) is 0 Å². The van der Waals surface area contributed by atoms with Crippen LogP contribution in [0.2, 0.25) is 0 Å². The average Bonchev–Trinajstić information content (AvgIpc) is 3.44. The highest BCUT2D eigenvalue weighted by Crippen LogP contribution is 2.41. The van der Waals surface area contributed by atoms with Crippen LogP contribution in [0.25, 0.3) is 33.4 Å². The van der Waals surface area contributed by atoms with Gasteiger partial charge in [-0.2, -0.15) is 0 Å². The lowest BCUT2D eigenvalue weighted by Gasteiger charge is -2.37. The van der Waals surface area contributed by atoms with Gasteiger partial charge in [-0.3, -0.25) is 14.4 Å². The SMILES string of the molecule is CCOC(=O)CC1(NC(=O)c2cccc(-c3cc4c(C(=O)NC)c(-c5ccc(F)cc5)oc4cc3N(CC)CC)c2)CCCCC1. The standard InChI is InChI=1S/C37H42FN3O5/c1-5-41(6-2)30-22-31-29(33(36(44)39-4)34(46-31)24-14-16-27(38)17-15-24)21-28(30)25-12-11-13-26(20-25)35(43)40-37(18-9-8-10-19-37)23-32(42)45-7-3/h11-17,20-22H,5-10,18-19,23H2,1-4H3,(H,39,44)(H,40,43). The third-order valence-electron chi connectivity index (χ3n) is 8.88. The van der Waals surface area contributed by atoms with E-state index in [4.69, 9.17) is 9.15 Å². The van der Waals surface area contributed by atoms with Crippen LogP contribution >= 0.6 is 0 Å². The number of nitrogens with one attached hydrogen (secondary N) is 2. The number of carbonyl (C=O) groups is 3. The van der Waals surface area contributed by atoms with E-state index < -0.39 is 5.54 Å². The van der Waals surface area contributed by atoms with Crippen molar-refractivity contribution in [3.05, 3.63) is 77.6 Å². The monoisotopic (exact) mass is 627 g/mol. The molecule has 9 heteroatoms. The fourth-order valence-corrected chi connectivity index (χ4v) is 6.55. The molecule has 242 valence electrons. The van der Waals surface area contributed by atoms with Gasteiger partial charge in [0.2, 0.25) is 0 Å². The lowest BCUT2D eigenvalue weighted by atomic mass is 9.79. The largest absolute Gasteiger partial charge is 0.466 e. The molecule has 0 radical (unpaired) electrons. The van der Waals surface area contributed by atoms with E-state index >= 15 is 0 Å². The number of carbonyl (C=O) groups excluding carboxylic acids is 3. The number of rotatable bonds is 11. The smallest absolute Gasteiger partial charge is 0.308 e. The fraction of sp³-hybridized carbons (Fsp3) is 0.378. The molecule has 1 saturated carbocycles. The fourth-order valence-electron chi connectivity index (χ4n) is 6.55. The van der Waals surface area contributed by atoms with Crippen molar-refractivity contribution in [1.29, 1.82) is 0 Å². The minimum absolute atomic E-state index is 0.147. The number of amides is 2. The van der Waals surface area contributed by atoms with E-state index in [-0.39, 0.29) is 30.0 Å².